The number of halogens is 2. The normalized spacial score (nSPS) is 15.0. The number of nitrogens with one attached hydrogen (secondary N) is 2. The van der Waals surface area contributed by atoms with Gasteiger partial charge in [-0.15, -0.1) is 5.10 Å². The van der Waals surface area contributed by atoms with Crippen molar-refractivity contribution < 1.29 is 14.3 Å². The maximum absolute atomic E-state index is 14.3. The molecule has 0 bridgehead atoms. The van der Waals surface area contributed by atoms with E-state index >= 15 is 0 Å². The van der Waals surface area contributed by atoms with E-state index in [1.54, 1.807) is 24.4 Å². The van der Waals surface area contributed by atoms with Gasteiger partial charge in [0.25, 0.3) is 0 Å². The van der Waals surface area contributed by atoms with Crippen LogP contribution >= 0.6 is 11.6 Å². The molecule has 0 radical (unpaired) electrons. The Balaban J connectivity index is 1.48. The van der Waals surface area contributed by atoms with Crippen LogP contribution in [0.25, 0.3) is 11.3 Å². The summed E-state index contributed by atoms with van der Waals surface area (Å²) in [7, 11) is 2.08. The number of aromatic nitrogens is 3. The molecule has 0 unspecified atom stereocenters. The summed E-state index contributed by atoms with van der Waals surface area (Å²) in [5.74, 6) is -0.239. The molecule has 35 heavy (non-hydrogen) atoms. The molecule has 0 saturated carbocycles. The summed E-state index contributed by atoms with van der Waals surface area (Å²) in [6.07, 6.45) is 2.58. The standard InChI is InChI=1S/C24H27ClFN7O2/c1-32-7-2-8-33(10-9-32)14-24(35)29-23-12-17(5-6-27-23)28-21-13-20(30-31-22(21)15-34)18-11-16(25)3-4-19(18)26/h3-6,11-13,34H,2,7-10,14-15H2,1H3,(H2,27,28,29,30,35). The fourth-order valence-corrected chi connectivity index (χ4v) is 4.02. The van der Waals surface area contributed by atoms with E-state index in [2.05, 4.69) is 42.7 Å². The van der Waals surface area contributed by atoms with Crippen LogP contribution in [0, 0.1) is 5.82 Å². The fraction of sp³-hybridized carbons (Fsp3) is 0.333. The van der Waals surface area contributed by atoms with Crippen molar-refractivity contribution in [3.8, 4) is 11.3 Å². The van der Waals surface area contributed by atoms with Gasteiger partial charge in [0.15, 0.2) is 0 Å². The van der Waals surface area contributed by atoms with E-state index in [9.17, 15) is 14.3 Å². The summed E-state index contributed by atoms with van der Waals surface area (Å²) in [5.41, 5.74) is 1.78. The van der Waals surface area contributed by atoms with Crippen molar-refractivity contribution in [2.45, 2.75) is 13.0 Å². The molecule has 1 saturated heterocycles. The molecule has 1 aliphatic heterocycles. The quantitative estimate of drug-likeness (QED) is 0.455. The highest BCUT2D eigenvalue weighted by Crippen LogP contribution is 2.29. The number of anilines is 3. The van der Waals surface area contributed by atoms with Gasteiger partial charge in [0, 0.05) is 41.6 Å². The Hall–Kier alpha value is -3.18. The molecular formula is C24H27ClFN7O2. The molecule has 9 nitrogen and oxygen atoms in total. The summed E-state index contributed by atoms with van der Waals surface area (Å²) < 4.78 is 14.3. The predicted octanol–water partition coefficient (Wildman–Crippen LogP) is 3.14. The number of aliphatic hydroxyl groups is 1. The molecule has 2 aromatic heterocycles. The Morgan fingerprint density at radius 2 is 2.00 bits per heavy atom. The average Bonchev–Trinajstić information content (AvgIpc) is 3.04. The maximum atomic E-state index is 14.3. The first-order chi connectivity index (χ1) is 16.9. The zero-order valence-corrected chi connectivity index (χ0v) is 20.1. The van der Waals surface area contributed by atoms with Crippen LogP contribution in [0.4, 0.5) is 21.6 Å². The van der Waals surface area contributed by atoms with Gasteiger partial charge in [-0.3, -0.25) is 9.69 Å². The van der Waals surface area contributed by atoms with Gasteiger partial charge in [0.05, 0.1) is 24.5 Å². The van der Waals surface area contributed by atoms with Crippen LogP contribution in [0.5, 0.6) is 0 Å². The molecule has 1 fully saturated rings. The average molecular weight is 500 g/mol. The third kappa shape index (κ3) is 6.70. The van der Waals surface area contributed by atoms with Crippen molar-refractivity contribution >= 4 is 34.7 Å². The van der Waals surface area contributed by atoms with Gasteiger partial charge in [0.2, 0.25) is 5.91 Å². The number of pyridine rings is 1. The Labute approximate surface area is 207 Å². The van der Waals surface area contributed by atoms with Crippen molar-refractivity contribution in [1.82, 2.24) is 25.0 Å². The Morgan fingerprint density at radius 3 is 2.83 bits per heavy atom. The molecule has 3 N–H and O–H groups in total. The number of benzene rings is 1. The number of hydrogen-bond donors (Lipinski definition) is 3. The molecule has 0 spiro atoms. The lowest BCUT2D eigenvalue weighted by Gasteiger charge is -2.19. The Morgan fingerprint density at radius 1 is 1.14 bits per heavy atom. The fourth-order valence-electron chi connectivity index (χ4n) is 3.84. The van der Waals surface area contributed by atoms with Gasteiger partial charge in [-0.25, -0.2) is 9.37 Å². The summed E-state index contributed by atoms with van der Waals surface area (Å²) in [6.45, 7) is 3.60. The van der Waals surface area contributed by atoms with Crippen LogP contribution in [0.1, 0.15) is 12.1 Å². The van der Waals surface area contributed by atoms with E-state index in [0.717, 1.165) is 32.6 Å². The van der Waals surface area contributed by atoms with E-state index < -0.39 is 5.82 Å². The van der Waals surface area contributed by atoms with E-state index in [1.165, 1.54) is 18.2 Å². The molecule has 3 heterocycles. The van der Waals surface area contributed by atoms with E-state index in [-0.39, 0.29) is 29.5 Å². The van der Waals surface area contributed by atoms with Gasteiger partial charge in [-0.1, -0.05) is 11.6 Å². The molecule has 11 heteroatoms. The lowest BCUT2D eigenvalue weighted by atomic mass is 10.1. The Kier molecular flexibility index (Phi) is 8.19. The molecule has 184 valence electrons. The van der Waals surface area contributed by atoms with E-state index in [4.69, 9.17) is 11.6 Å². The van der Waals surface area contributed by atoms with Crippen LogP contribution in [-0.4, -0.2) is 75.8 Å². The lowest BCUT2D eigenvalue weighted by molar-refractivity contribution is -0.117. The minimum atomic E-state index is -0.489. The smallest absolute Gasteiger partial charge is 0.239 e. The molecule has 1 amide bonds. The van der Waals surface area contributed by atoms with Crippen LogP contribution in [0.2, 0.25) is 5.02 Å². The van der Waals surface area contributed by atoms with Crippen LogP contribution in [0.3, 0.4) is 0 Å². The zero-order chi connectivity index (χ0) is 24.8. The largest absolute Gasteiger partial charge is 0.390 e. The van der Waals surface area contributed by atoms with Crippen molar-refractivity contribution in [1.29, 1.82) is 0 Å². The molecule has 4 rings (SSSR count). The van der Waals surface area contributed by atoms with Gasteiger partial charge in [0.1, 0.15) is 17.3 Å². The second kappa shape index (κ2) is 11.5. The first-order valence-electron chi connectivity index (χ1n) is 11.3. The van der Waals surface area contributed by atoms with Crippen LogP contribution < -0.4 is 10.6 Å². The van der Waals surface area contributed by atoms with Crippen molar-refractivity contribution in [3.05, 3.63) is 59.1 Å². The monoisotopic (exact) mass is 499 g/mol. The van der Waals surface area contributed by atoms with Crippen molar-refractivity contribution in [3.63, 3.8) is 0 Å². The number of likely N-dealkylation sites (N-methyl/N-ethyl adjacent to an activating group) is 1. The number of nitrogens with zero attached hydrogens (tertiary/aromatic N) is 5. The first-order valence-corrected chi connectivity index (χ1v) is 11.7. The topological polar surface area (TPSA) is 107 Å². The molecule has 1 aromatic carbocycles. The van der Waals surface area contributed by atoms with Crippen LogP contribution in [-0.2, 0) is 11.4 Å². The van der Waals surface area contributed by atoms with Gasteiger partial charge in [-0.2, -0.15) is 5.10 Å². The first kappa shape index (κ1) is 24.9. The summed E-state index contributed by atoms with van der Waals surface area (Å²) in [4.78, 5) is 21.2. The SMILES string of the molecule is CN1CCCN(CC(=O)Nc2cc(Nc3cc(-c4cc(Cl)ccc4F)nnc3CO)ccn2)CC1. The third-order valence-corrected chi connectivity index (χ3v) is 5.95. The number of carbonyl (C=O) groups is 1. The zero-order valence-electron chi connectivity index (χ0n) is 19.3. The minimum Gasteiger partial charge on any atom is -0.390 e. The second-order valence-corrected chi connectivity index (χ2v) is 8.84. The highest BCUT2D eigenvalue weighted by atomic mass is 35.5. The van der Waals surface area contributed by atoms with Gasteiger partial charge >= 0.3 is 0 Å². The maximum Gasteiger partial charge on any atom is 0.239 e. The number of aliphatic hydroxyl groups excluding tert-OH is 1. The number of rotatable bonds is 7. The minimum absolute atomic E-state index is 0.139. The molecule has 3 aromatic rings. The molecule has 1 aliphatic rings. The molecular weight excluding hydrogens is 473 g/mol. The molecule has 0 atom stereocenters. The summed E-state index contributed by atoms with van der Waals surface area (Å²) >= 11 is 6.01. The van der Waals surface area contributed by atoms with E-state index in [1.807, 2.05) is 0 Å². The Bertz CT molecular complexity index is 1200. The second-order valence-electron chi connectivity index (χ2n) is 8.41. The van der Waals surface area contributed by atoms with Crippen molar-refractivity contribution in [2.24, 2.45) is 0 Å². The number of amides is 1. The third-order valence-electron chi connectivity index (χ3n) is 5.71. The number of hydrogen-bond acceptors (Lipinski definition) is 8. The summed E-state index contributed by atoms with van der Waals surface area (Å²) in [5, 5.41) is 24.1. The highest BCUT2D eigenvalue weighted by Gasteiger charge is 2.16. The molecule has 0 aliphatic carbocycles. The summed E-state index contributed by atoms with van der Waals surface area (Å²) in [6, 6.07) is 9.14. The van der Waals surface area contributed by atoms with E-state index in [0.29, 0.717) is 28.8 Å². The van der Waals surface area contributed by atoms with Crippen molar-refractivity contribution in [2.75, 3.05) is 50.4 Å². The number of carbonyl (C=O) groups excluding carboxylic acids is 1. The lowest BCUT2D eigenvalue weighted by Crippen LogP contribution is -2.36. The predicted molar refractivity (Wildman–Crippen MR) is 133 cm³/mol. The van der Waals surface area contributed by atoms with Gasteiger partial charge in [-0.05, 0) is 56.9 Å². The highest BCUT2D eigenvalue weighted by molar-refractivity contribution is 6.30. The van der Waals surface area contributed by atoms with Gasteiger partial charge < -0.3 is 20.6 Å². The van der Waals surface area contributed by atoms with Crippen LogP contribution in [0.15, 0.2) is 42.6 Å².